The zero-order valence-corrected chi connectivity index (χ0v) is 49.7. The highest BCUT2D eigenvalue weighted by molar-refractivity contribution is 7.12. The molecule has 402 valence electrons. The molecule has 0 saturated carbocycles. The van der Waals surface area contributed by atoms with Crippen LogP contribution in [-0.2, 0) is 36.5 Å². The summed E-state index contributed by atoms with van der Waals surface area (Å²) in [6, 6.07) is 27.2. The maximum Gasteiger partial charge on any atom is 0.0975 e. The van der Waals surface area contributed by atoms with Gasteiger partial charge in [0.1, 0.15) is 0 Å². The molecule has 0 bridgehead atoms. The van der Waals surface area contributed by atoms with Crippen molar-refractivity contribution in [2.45, 2.75) is 187 Å². The molecule has 3 aromatic carbocycles. The van der Waals surface area contributed by atoms with Gasteiger partial charge in [-0.1, -0.05) is 142 Å². The lowest BCUT2D eigenvalue weighted by atomic mass is 9.86. The molecule has 4 saturated heterocycles. The van der Waals surface area contributed by atoms with Crippen molar-refractivity contribution in [3.05, 3.63) is 153 Å². The average molecular weight is 1060 g/mol. The van der Waals surface area contributed by atoms with Crippen molar-refractivity contribution in [2.75, 3.05) is 52.4 Å². The number of hydrogen-bond donors (Lipinski definition) is 4. The monoisotopic (exact) mass is 1060 g/mol. The van der Waals surface area contributed by atoms with Crippen LogP contribution in [-0.4, -0.2) is 67.3 Å². The summed E-state index contributed by atoms with van der Waals surface area (Å²) in [6.45, 7) is 31.9. The zero-order valence-electron chi connectivity index (χ0n) is 47.2. The largest absolute Gasteiger partial charge is 0.317 e. The van der Waals surface area contributed by atoms with Gasteiger partial charge in [-0.2, -0.15) is 0 Å². The Balaban J connectivity index is 0.000000153. The van der Waals surface area contributed by atoms with E-state index in [9.17, 15) is 0 Å². The van der Waals surface area contributed by atoms with Crippen LogP contribution in [0.1, 0.15) is 218 Å². The second kappa shape index (κ2) is 28.7. The van der Waals surface area contributed by atoms with Crippen molar-refractivity contribution < 1.29 is 0 Å². The molecular weight excluding hydrogens is 963 g/mol. The molecule has 3 aromatic heterocycles. The number of benzene rings is 3. The van der Waals surface area contributed by atoms with Gasteiger partial charge in [0.25, 0.3) is 0 Å². The fourth-order valence-electron chi connectivity index (χ4n) is 10.4. The molecule has 0 amide bonds. The topological polar surface area (TPSA) is 86.8 Å². The van der Waals surface area contributed by atoms with Gasteiger partial charge in [-0.05, 0) is 185 Å². The molecule has 0 spiro atoms. The number of nitrogens with one attached hydrogen (secondary N) is 4. The molecule has 74 heavy (non-hydrogen) atoms. The van der Waals surface area contributed by atoms with Crippen LogP contribution < -0.4 is 21.3 Å². The minimum Gasteiger partial charge on any atom is -0.317 e. The molecule has 4 fully saturated rings. The second-order valence-corrected chi connectivity index (χ2v) is 27.1. The summed E-state index contributed by atoms with van der Waals surface area (Å²) in [5.41, 5.74) is 11.3. The molecule has 0 aliphatic carbocycles. The number of aryl methyl sites for hydroxylation is 2. The van der Waals surface area contributed by atoms with Gasteiger partial charge in [-0.3, -0.25) is 0 Å². The molecule has 10 rings (SSSR count). The Morgan fingerprint density at radius 1 is 0.500 bits per heavy atom. The van der Waals surface area contributed by atoms with Crippen molar-refractivity contribution >= 4 is 34.0 Å². The Hall–Kier alpha value is -3.61. The third-order valence-electron chi connectivity index (χ3n) is 15.3. The smallest absolute Gasteiger partial charge is 0.0975 e. The van der Waals surface area contributed by atoms with Crippen LogP contribution in [0.2, 0.25) is 0 Å². The first kappa shape index (κ1) is 58.1. The minimum atomic E-state index is 0.220. The molecule has 4 aliphatic heterocycles. The van der Waals surface area contributed by atoms with E-state index in [-0.39, 0.29) is 10.8 Å². The number of piperidine rings is 4. The Morgan fingerprint density at radius 3 is 1.35 bits per heavy atom. The second-order valence-electron chi connectivity index (χ2n) is 23.7. The van der Waals surface area contributed by atoms with E-state index in [1.54, 1.807) is 4.88 Å². The molecule has 7 nitrogen and oxygen atoms in total. The first-order valence-corrected chi connectivity index (χ1v) is 31.1. The van der Waals surface area contributed by atoms with Crippen LogP contribution in [0.4, 0.5) is 0 Å². The van der Waals surface area contributed by atoms with Gasteiger partial charge >= 0.3 is 0 Å². The zero-order chi connectivity index (χ0) is 52.5. The number of hydrogen-bond acceptors (Lipinski definition) is 10. The van der Waals surface area contributed by atoms with Crippen molar-refractivity contribution in [1.29, 1.82) is 0 Å². The van der Waals surface area contributed by atoms with Gasteiger partial charge in [0.15, 0.2) is 0 Å². The lowest BCUT2D eigenvalue weighted by Gasteiger charge is -2.22. The fourth-order valence-corrected chi connectivity index (χ4v) is 14.2. The van der Waals surface area contributed by atoms with Crippen LogP contribution in [0.25, 0.3) is 0 Å². The lowest BCUT2D eigenvalue weighted by molar-refractivity contribution is 0.463. The number of aromatic nitrogens is 3. The third-order valence-corrected chi connectivity index (χ3v) is 19.0. The summed E-state index contributed by atoms with van der Waals surface area (Å²) in [5.74, 6) is 2.76. The standard InChI is InChI=1S/C21H30N2S.C20H28N2S.C18H24N2S.C5H11N/c1-5-18-20(16-10-12-22-13-11-16)24-19(23-18)14-15-6-8-17(9-7-15)21(2,3)4;1-14-19(16-9-11-21-12-10-16)23-18(22-14)13-15-5-7-17(8-6-15)20(2,3)4;1-13(2)15-5-3-14(4-6-15)11-18-20-12-17(21-18)16-7-9-19-10-8-16;1-2-4-6-5-3-1/h6-9,16,22H,5,10-14H2,1-4H3;5-8,16,21H,9-13H2,1-4H3;3-6,12-13,16,19H,7-11H2,1-2H3;6H,1-5H2. The highest BCUT2D eigenvalue weighted by Gasteiger charge is 2.24. The molecule has 4 aliphatic rings. The van der Waals surface area contributed by atoms with E-state index in [0.717, 1.165) is 76.8 Å². The van der Waals surface area contributed by atoms with Crippen LogP contribution in [0.15, 0.2) is 79.0 Å². The van der Waals surface area contributed by atoms with E-state index >= 15 is 0 Å². The van der Waals surface area contributed by atoms with Crippen LogP contribution in [0.5, 0.6) is 0 Å². The molecule has 4 N–H and O–H groups in total. The quantitative estimate of drug-likeness (QED) is 0.103. The van der Waals surface area contributed by atoms with Crippen molar-refractivity contribution in [3.8, 4) is 0 Å². The predicted molar refractivity (Wildman–Crippen MR) is 321 cm³/mol. The van der Waals surface area contributed by atoms with Crippen LogP contribution in [0, 0.1) is 6.92 Å². The maximum atomic E-state index is 4.97. The van der Waals surface area contributed by atoms with Gasteiger partial charge in [0, 0.05) is 40.1 Å². The summed E-state index contributed by atoms with van der Waals surface area (Å²) in [6.07, 6.45) is 17.8. The van der Waals surface area contributed by atoms with E-state index in [0.29, 0.717) is 11.8 Å². The summed E-state index contributed by atoms with van der Waals surface area (Å²) >= 11 is 5.79. The molecule has 6 aromatic rings. The highest BCUT2D eigenvalue weighted by Crippen LogP contribution is 2.36. The van der Waals surface area contributed by atoms with Gasteiger partial charge in [0.05, 0.1) is 26.4 Å². The molecule has 10 heteroatoms. The van der Waals surface area contributed by atoms with E-state index in [4.69, 9.17) is 9.97 Å². The molecular formula is C64H93N7S3. The minimum absolute atomic E-state index is 0.220. The summed E-state index contributed by atoms with van der Waals surface area (Å²) in [4.78, 5) is 19.0. The van der Waals surface area contributed by atoms with Crippen LogP contribution in [0.3, 0.4) is 0 Å². The van der Waals surface area contributed by atoms with Crippen molar-refractivity contribution in [1.82, 2.24) is 36.2 Å². The van der Waals surface area contributed by atoms with Crippen molar-refractivity contribution in [3.63, 3.8) is 0 Å². The maximum absolute atomic E-state index is 4.97. The van der Waals surface area contributed by atoms with Gasteiger partial charge in [-0.15, -0.1) is 34.0 Å². The highest BCUT2D eigenvalue weighted by atomic mass is 32.1. The SMILES string of the molecule is C1CCNCC1.CC(C)c1ccc(Cc2ncc(C3CCNCC3)s2)cc1.CCc1nc(Cc2ccc(C(C)(C)C)cc2)sc1C1CCNCC1.Cc1nc(Cc2ccc(C(C)(C)C)cc2)sc1C1CCNCC1. The number of thiazole rings is 3. The van der Waals surface area contributed by atoms with Gasteiger partial charge in [-0.25, -0.2) is 15.0 Å². The average Bonchev–Trinajstić information content (AvgIpc) is 4.16. The molecule has 0 radical (unpaired) electrons. The predicted octanol–water partition coefficient (Wildman–Crippen LogP) is 15.0. The number of rotatable bonds is 11. The van der Waals surface area contributed by atoms with E-state index < -0.39 is 0 Å². The normalized spacial score (nSPS) is 17.2. The molecule has 0 unspecified atom stereocenters. The van der Waals surface area contributed by atoms with Gasteiger partial charge < -0.3 is 21.3 Å². The summed E-state index contributed by atoms with van der Waals surface area (Å²) in [7, 11) is 0. The summed E-state index contributed by atoms with van der Waals surface area (Å²) < 4.78 is 0. The lowest BCUT2D eigenvalue weighted by Crippen LogP contribution is -2.26. The Labute approximate surface area is 460 Å². The first-order chi connectivity index (χ1) is 35.6. The van der Waals surface area contributed by atoms with E-state index in [1.807, 2.05) is 34.0 Å². The van der Waals surface area contributed by atoms with Crippen LogP contribution >= 0.6 is 34.0 Å². The summed E-state index contributed by atoms with van der Waals surface area (Å²) in [5, 5.41) is 17.4. The van der Waals surface area contributed by atoms with E-state index in [1.165, 1.54) is 140 Å². The Kier molecular flexibility index (Phi) is 22.5. The Bertz CT molecular complexity index is 2510. The Morgan fingerprint density at radius 2 is 0.919 bits per heavy atom. The van der Waals surface area contributed by atoms with Crippen molar-refractivity contribution in [2.24, 2.45) is 0 Å². The molecule has 7 heterocycles. The third kappa shape index (κ3) is 18.0. The van der Waals surface area contributed by atoms with E-state index in [2.05, 4.69) is 174 Å². The van der Waals surface area contributed by atoms with Gasteiger partial charge in [0.2, 0.25) is 0 Å². The number of nitrogens with zero attached hydrogens (tertiary/aromatic N) is 3. The fraction of sp³-hybridized carbons (Fsp3) is 0.578. The molecule has 0 atom stereocenters. The first-order valence-electron chi connectivity index (χ1n) is 28.6.